The number of amides is 1. The van der Waals surface area contributed by atoms with Gasteiger partial charge in [-0.15, -0.1) is 0 Å². The van der Waals surface area contributed by atoms with Gasteiger partial charge >= 0.3 is 6.09 Å². The van der Waals surface area contributed by atoms with Crippen LogP contribution >= 0.6 is 11.6 Å². The summed E-state index contributed by atoms with van der Waals surface area (Å²) in [5.74, 6) is 1.10. The number of fused-ring (bicyclic) bond motifs is 2. The molecular weight excluding hydrogens is 614 g/mol. The Morgan fingerprint density at radius 1 is 1.04 bits per heavy atom. The number of pyridine rings is 1. The van der Waals surface area contributed by atoms with Crippen LogP contribution in [0.25, 0.3) is 10.8 Å². The number of hydrogen-bond acceptors (Lipinski definition) is 9. The molecule has 0 radical (unpaired) electrons. The maximum absolute atomic E-state index is 13.1. The molecule has 3 aromatic rings. The van der Waals surface area contributed by atoms with Crippen LogP contribution < -0.4 is 14.5 Å². The zero-order chi connectivity index (χ0) is 33.3. The lowest BCUT2D eigenvalue weighted by atomic mass is 9.94. The molecule has 2 unspecified atom stereocenters. The molecule has 2 fully saturated rings. The Bertz CT molecular complexity index is 1740. The van der Waals surface area contributed by atoms with Crippen LogP contribution in [0.4, 0.5) is 16.3 Å². The second-order valence-corrected chi connectivity index (χ2v) is 14.1. The third kappa shape index (κ3) is 6.76. The largest absolute Gasteiger partial charge is 0.475 e. The fourth-order valence-corrected chi connectivity index (χ4v) is 7.35. The number of aromatic nitrogens is 1. The van der Waals surface area contributed by atoms with E-state index in [0.717, 1.165) is 52.8 Å². The molecule has 0 bridgehead atoms. The summed E-state index contributed by atoms with van der Waals surface area (Å²) in [4.78, 5) is 26.6. The number of halogens is 1. The Labute approximate surface area is 282 Å². The standard InChI is InChI=1S/C36H42ClN7O3/c1-36(2,3)47-35(45)44-19-18-43(21-25(44)13-15-38)33-27-14-17-42(31-12-6-9-24-8-5-11-30(37)32(24)31)22-29(27)28(20-39)34(40-33)46-23-26-10-7-16-41(26)4/h5-6,8-9,11-12,25-26H,7,10,13-14,16-19,21-23H2,1-4H3. The quantitative estimate of drug-likeness (QED) is 0.310. The van der Waals surface area contributed by atoms with Crippen molar-refractivity contribution in [1.29, 1.82) is 10.5 Å². The Balaban J connectivity index is 1.38. The molecule has 2 aromatic carbocycles. The van der Waals surface area contributed by atoms with Crippen LogP contribution in [-0.2, 0) is 17.7 Å². The van der Waals surface area contributed by atoms with Gasteiger partial charge in [-0.3, -0.25) is 0 Å². The molecule has 2 saturated heterocycles. The van der Waals surface area contributed by atoms with Crippen LogP contribution in [0.3, 0.4) is 0 Å². The van der Waals surface area contributed by atoms with Gasteiger partial charge in [-0.05, 0) is 71.1 Å². The summed E-state index contributed by atoms with van der Waals surface area (Å²) < 4.78 is 12.1. The number of nitriles is 2. The van der Waals surface area contributed by atoms with Gasteiger partial charge in [-0.2, -0.15) is 15.5 Å². The van der Waals surface area contributed by atoms with Crippen LogP contribution in [0.5, 0.6) is 5.88 Å². The second-order valence-electron chi connectivity index (χ2n) is 13.7. The molecule has 6 rings (SSSR count). The zero-order valence-corrected chi connectivity index (χ0v) is 28.4. The smallest absolute Gasteiger partial charge is 0.410 e. The fourth-order valence-electron chi connectivity index (χ4n) is 7.07. The molecule has 0 aliphatic carbocycles. The molecule has 2 atom stereocenters. The summed E-state index contributed by atoms with van der Waals surface area (Å²) in [5.41, 5.74) is 2.75. The molecule has 47 heavy (non-hydrogen) atoms. The maximum Gasteiger partial charge on any atom is 0.410 e. The minimum absolute atomic E-state index is 0.168. The van der Waals surface area contributed by atoms with Crippen LogP contribution in [0.2, 0.25) is 5.02 Å². The van der Waals surface area contributed by atoms with E-state index in [2.05, 4.69) is 52.1 Å². The number of hydrogen-bond donors (Lipinski definition) is 0. The van der Waals surface area contributed by atoms with E-state index in [-0.39, 0.29) is 18.5 Å². The van der Waals surface area contributed by atoms with Crippen molar-refractivity contribution in [2.45, 2.75) is 70.7 Å². The number of anilines is 2. The molecule has 0 spiro atoms. The minimum atomic E-state index is -0.640. The molecule has 1 aromatic heterocycles. The third-order valence-electron chi connectivity index (χ3n) is 9.44. The number of benzene rings is 2. The van der Waals surface area contributed by atoms with Crippen molar-refractivity contribution in [2.24, 2.45) is 0 Å². The molecule has 0 N–H and O–H groups in total. The number of likely N-dealkylation sites (N-methyl/N-ethyl adjacent to an activating group) is 1. The predicted octanol–water partition coefficient (Wildman–Crippen LogP) is 6.13. The number of carbonyl (C=O) groups is 1. The highest BCUT2D eigenvalue weighted by Crippen LogP contribution is 2.40. The van der Waals surface area contributed by atoms with Crippen molar-refractivity contribution in [3.63, 3.8) is 0 Å². The Hall–Kier alpha value is -4.25. The number of rotatable bonds is 6. The lowest BCUT2D eigenvalue weighted by Gasteiger charge is -2.43. The topological polar surface area (TPSA) is 109 Å². The van der Waals surface area contributed by atoms with Gasteiger partial charge in [0.25, 0.3) is 0 Å². The lowest BCUT2D eigenvalue weighted by Crippen LogP contribution is -2.56. The summed E-state index contributed by atoms with van der Waals surface area (Å²) in [6.45, 7) is 9.53. The van der Waals surface area contributed by atoms with E-state index in [1.807, 2.05) is 39.0 Å². The normalized spacial score (nSPS) is 20.1. The summed E-state index contributed by atoms with van der Waals surface area (Å²) in [6, 6.07) is 16.7. The van der Waals surface area contributed by atoms with Crippen LogP contribution in [0.1, 0.15) is 56.7 Å². The first-order valence-electron chi connectivity index (χ1n) is 16.4. The van der Waals surface area contributed by atoms with Crippen molar-refractivity contribution >= 4 is 40.0 Å². The van der Waals surface area contributed by atoms with E-state index < -0.39 is 11.7 Å². The van der Waals surface area contributed by atoms with Crippen molar-refractivity contribution in [3.8, 4) is 18.0 Å². The second kappa shape index (κ2) is 13.5. The molecule has 4 heterocycles. The highest BCUT2D eigenvalue weighted by atomic mass is 35.5. The first-order valence-corrected chi connectivity index (χ1v) is 16.8. The maximum atomic E-state index is 13.1. The Morgan fingerprint density at radius 2 is 1.83 bits per heavy atom. The Morgan fingerprint density at radius 3 is 2.53 bits per heavy atom. The molecule has 11 heteroatoms. The van der Waals surface area contributed by atoms with Crippen molar-refractivity contribution in [1.82, 2.24) is 14.8 Å². The number of carbonyl (C=O) groups excluding carboxylic acids is 1. The van der Waals surface area contributed by atoms with E-state index in [1.165, 1.54) is 0 Å². The average molecular weight is 656 g/mol. The third-order valence-corrected chi connectivity index (χ3v) is 9.76. The summed E-state index contributed by atoms with van der Waals surface area (Å²) >= 11 is 6.74. The molecule has 10 nitrogen and oxygen atoms in total. The molecular formula is C36H42ClN7O3. The van der Waals surface area contributed by atoms with Gasteiger partial charge in [-0.25, -0.2) is 4.79 Å². The number of likely N-dealkylation sites (tertiary alicyclic amines) is 1. The lowest BCUT2D eigenvalue weighted by molar-refractivity contribution is 0.0144. The summed E-state index contributed by atoms with van der Waals surface area (Å²) in [7, 11) is 2.10. The average Bonchev–Trinajstić information content (AvgIpc) is 3.46. The van der Waals surface area contributed by atoms with Gasteiger partial charge < -0.3 is 29.1 Å². The van der Waals surface area contributed by atoms with Crippen molar-refractivity contribution in [3.05, 3.63) is 58.1 Å². The van der Waals surface area contributed by atoms with E-state index in [0.29, 0.717) is 62.2 Å². The summed E-state index contributed by atoms with van der Waals surface area (Å²) in [6.07, 6.45) is 2.56. The van der Waals surface area contributed by atoms with E-state index in [1.54, 1.807) is 4.90 Å². The zero-order valence-electron chi connectivity index (χ0n) is 27.6. The van der Waals surface area contributed by atoms with Gasteiger partial charge in [0.15, 0.2) is 0 Å². The number of ether oxygens (including phenoxy) is 2. The monoisotopic (exact) mass is 655 g/mol. The molecule has 3 aliphatic rings. The van der Waals surface area contributed by atoms with Gasteiger partial charge in [0, 0.05) is 61.0 Å². The molecule has 1 amide bonds. The van der Waals surface area contributed by atoms with Gasteiger partial charge in [-0.1, -0.05) is 35.9 Å². The Kier molecular flexibility index (Phi) is 9.36. The van der Waals surface area contributed by atoms with Crippen molar-refractivity contribution in [2.75, 3.05) is 56.2 Å². The predicted molar refractivity (Wildman–Crippen MR) is 183 cm³/mol. The summed E-state index contributed by atoms with van der Waals surface area (Å²) in [5, 5.41) is 23.0. The van der Waals surface area contributed by atoms with Gasteiger partial charge in [0.2, 0.25) is 5.88 Å². The van der Waals surface area contributed by atoms with Crippen LogP contribution in [-0.4, -0.2) is 84.9 Å². The highest BCUT2D eigenvalue weighted by molar-refractivity contribution is 6.36. The highest BCUT2D eigenvalue weighted by Gasteiger charge is 2.37. The number of nitrogens with zero attached hydrogens (tertiary/aromatic N) is 7. The first kappa shape index (κ1) is 32.7. The van der Waals surface area contributed by atoms with E-state index in [9.17, 15) is 15.3 Å². The van der Waals surface area contributed by atoms with E-state index in [4.69, 9.17) is 26.1 Å². The van der Waals surface area contributed by atoms with Crippen molar-refractivity contribution < 1.29 is 14.3 Å². The number of piperazine rings is 1. The minimum Gasteiger partial charge on any atom is -0.475 e. The molecule has 0 saturated carbocycles. The van der Waals surface area contributed by atoms with Crippen LogP contribution in [0, 0.1) is 22.7 Å². The fraction of sp³-hybridized carbons (Fsp3) is 0.500. The molecule has 246 valence electrons. The van der Waals surface area contributed by atoms with Gasteiger partial charge in [0.05, 0.1) is 23.6 Å². The van der Waals surface area contributed by atoms with E-state index >= 15 is 0 Å². The van der Waals surface area contributed by atoms with Crippen LogP contribution in [0.15, 0.2) is 36.4 Å². The van der Waals surface area contributed by atoms with Gasteiger partial charge in [0.1, 0.15) is 29.7 Å². The molecule has 3 aliphatic heterocycles. The SMILES string of the molecule is CN1CCCC1COc1nc(N2CCN(C(=O)OC(C)(C)C)C(CC#N)C2)c2c(c1C#N)CN(c1cccc3cccc(Cl)c13)CC2. The first-order chi connectivity index (χ1) is 22.6.